The highest BCUT2D eigenvalue weighted by Crippen LogP contribution is 2.38. The minimum atomic E-state index is 0.603. The Hall–Kier alpha value is -8.14. The van der Waals surface area contributed by atoms with Gasteiger partial charge in [-0.1, -0.05) is 115 Å². The van der Waals surface area contributed by atoms with Gasteiger partial charge >= 0.3 is 0 Å². The topological polar surface area (TPSA) is 70.6 Å². The maximum Gasteiger partial charge on any atom is 0.164 e. The van der Waals surface area contributed by atoms with E-state index in [-0.39, 0.29) is 0 Å². The van der Waals surface area contributed by atoms with Crippen molar-refractivity contribution in [2.75, 3.05) is 4.90 Å². The molecule has 6 nitrogen and oxygen atoms in total. The molecular formula is C52H34N6. The van der Waals surface area contributed by atoms with Crippen molar-refractivity contribution in [3.8, 4) is 57.0 Å². The maximum atomic E-state index is 9.91. The van der Waals surface area contributed by atoms with Gasteiger partial charge in [0.15, 0.2) is 17.5 Å². The lowest BCUT2D eigenvalue weighted by molar-refractivity contribution is 1.07. The van der Waals surface area contributed by atoms with E-state index < -0.39 is 0 Å². The average molecular weight is 743 g/mol. The smallest absolute Gasteiger partial charge is 0.164 e. The van der Waals surface area contributed by atoms with Crippen LogP contribution in [0.2, 0.25) is 0 Å². The highest BCUT2D eigenvalue weighted by atomic mass is 15.1. The highest BCUT2D eigenvalue weighted by Gasteiger charge is 2.17. The van der Waals surface area contributed by atoms with Crippen LogP contribution >= 0.6 is 0 Å². The predicted molar refractivity (Wildman–Crippen MR) is 235 cm³/mol. The van der Waals surface area contributed by atoms with Crippen LogP contribution in [0, 0.1) is 11.3 Å². The summed E-state index contributed by atoms with van der Waals surface area (Å²) in [7, 11) is 0. The molecule has 0 spiro atoms. The normalized spacial score (nSPS) is 11.1. The van der Waals surface area contributed by atoms with Crippen LogP contribution in [0.5, 0.6) is 0 Å². The molecule has 0 radical (unpaired) electrons. The summed E-state index contributed by atoms with van der Waals surface area (Å²) in [5.41, 5.74) is 11.9. The molecule has 58 heavy (non-hydrogen) atoms. The number of benzene rings is 8. The van der Waals surface area contributed by atoms with E-state index in [9.17, 15) is 5.26 Å². The first kappa shape index (κ1) is 34.4. The molecule has 6 heteroatoms. The van der Waals surface area contributed by atoms with E-state index in [4.69, 9.17) is 15.0 Å². The fourth-order valence-electron chi connectivity index (χ4n) is 7.65. The van der Waals surface area contributed by atoms with E-state index in [0.717, 1.165) is 72.4 Å². The van der Waals surface area contributed by atoms with Crippen LogP contribution in [-0.4, -0.2) is 19.5 Å². The lowest BCUT2D eigenvalue weighted by atomic mass is 10.0. The maximum absolute atomic E-state index is 9.91. The van der Waals surface area contributed by atoms with Gasteiger partial charge in [-0.05, 0) is 102 Å². The highest BCUT2D eigenvalue weighted by molar-refractivity contribution is 6.11. The van der Waals surface area contributed by atoms with E-state index in [2.05, 4.69) is 131 Å². The van der Waals surface area contributed by atoms with Crippen molar-refractivity contribution in [3.63, 3.8) is 0 Å². The number of para-hydroxylation sites is 2. The molecule has 0 N–H and O–H groups in total. The molecule has 0 saturated carbocycles. The van der Waals surface area contributed by atoms with Gasteiger partial charge in [-0.15, -0.1) is 0 Å². The Balaban J connectivity index is 1.04. The number of nitrogens with zero attached hydrogens (tertiary/aromatic N) is 6. The van der Waals surface area contributed by atoms with Crippen LogP contribution in [0.1, 0.15) is 5.56 Å². The van der Waals surface area contributed by atoms with Crippen LogP contribution in [0.25, 0.3) is 72.8 Å². The van der Waals surface area contributed by atoms with Crippen molar-refractivity contribution in [3.05, 3.63) is 212 Å². The molecule has 2 aromatic heterocycles. The molecule has 0 fully saturated rings. The Bertz CT molecular complexity index is 2990. The van der Waals surface area contributed by atoms with Gasteiger partial charge in [-0.2, -0.15) is 5.26 Å². The van der Waals surface area contributed by atoms with Crippen LogP contribution in [0.3, 0.4) is 0 Å². The van der Waals surface area contributed by atoms with Gasteiger partial charge in [0, 0.05) is 50.2 Å². The fraction of sp³-hybridized carbons (Fsp3) is 0. The molecule has 0 aliphatic heterocycles. The molecule has 0 amide bonds. The van der Waals surface area contributed by atoms with Crippen molar-refractivity contribution in [1.82, 2.24) is 19.5 Å². The summed E-state index contributed by atoms with van der Waals surface area (Å²) in [6.07, 6.45) is 0. The van der Waals surface area contributed by atoms with E-state index in [1.807, 2.05) is 91.0 Å². The molecular weight excluding hydrogens is 709 g/mol. The Morgan fingerprint density at radius 3 is 1.31 bits per heavy atom. The molecule has 0 unspecified atom stereocenters. The quantitative estimate of drug-likeness (QED) is 0.155. The molecule has 8 aromatic carbocycles. The van der Waals surface area contributed by atoms with E-state index in [1.165, 1.54) is 0 Å². The zero-order chi connectivity index (χ0) is 38.8. The zero-order valence-corrected chi connectivity index (χ0v) is 31.3. The summed E-state index contributed by atoms with van der Waals surface area (Å²) >= 11 is 0. The van der Waals surface area contributed by atoms with Gasteiger partial charge in [0.2, 0.25) is 0 Å². The second-order valence-electron chi connectivity index (χ2n) is 14.0. The Kier molecular flexibility index (Phi) is 8.79. The zero-order valence-electron chi connectivity index (χ0n) is 31.3. The SMILES string of the molecule is N#Cc1ccc2c(c1)c1cc(-c3ccc(N(c4ccccc4)c4ccccc4)cc3)ccc1n2-c1ccc(-c2nc(-c3ccccc3)nc(-c3ccccc3)n2)cc1. The molecule has 0 atom stereocenters. The number of anilines is 3. The number of fused-ring (bicyclic) bond motifs is 3. The van der Waals surface area contributed by atoms with Crippen molar-refractivity contribution in [1.29, 1.82) is 5.26 Å². The summed E-state index contributed by atoms with van der Waals surface area (Å²) in [5.74, 6) is 1.85. The monoisotopic (exact) mass is 742 g/mol. The van der Waals surface area contributed by atoms with Gasteiger partial charge in [-0.3, -0.25) is 0 Å². The molecule has 2 heterocycles. The largest absolute Gasteiger partial charge is 0.311 e. The van der Waals surface area contributed by atoms with E-state index in [0.29, 0.717) is 23.0 Å². The fourth-order valence-corrected chi connectivity index (χ4v) is 7.65. The van der Waals surface area contributed by atoms with Crippen LogP contribution in [0.4, 0.5) is 17.1 Å². The summed E-state index contributed by atoms with van der Waals surface area (Å²) in [6.45, 7) is 0. The molecule has 0 saturated heterocycles. The van der Waals surface area contributed by atoms with Crippen LogP contribution in [0.15, 0.2) is 206 Å². The van der Waals surface area contributed by atoms with Gasteiger partial charge in [0.1, 0.15) is 0 Å². The van der Waals surface area contributed by atoms with E-state index >= 15 is 0 Å². The molecule has 0 bridgehead atoms. The summed E-state index contributed by atoms with van der Waals surface area (Å²) < 4.78 is 2.26. The lowest BCUT2D eigenvalue weighted by Gasteiger charge is -2.25. The van der Waals surface area contributed by atoms with Crippen LogP contribution in [-0.2, 0) is 0 Å². The summed E-state index contributed by atoms with van der Waals surface area (Å²) in [6, 6.07) is 72.8. The number of rotatable bonds is 8. The third-order valence-corrected chi connectivity index (χ3v) is 10.5. The third-order valence-electron chi connectivity index (χ3n) is 10.5. The summed E-state index contributed by atoms with van der Waals surface area (Å²) in [5, 5.41) is 12.0. The van der Waals surface area contributed by atoms with Gasteiger partial charge in [-0.25, -0.2) is 15.0 Å². The minimum Gasteiger partial charge on any atom is -0.311 e. The third kappa shape index (κ3) is 6.43. The number of hydrogen-bond acceptors (Lipinski definition) is 5. The minimum absolute atomic E-state index is 0.603. The van der Waals surface area contributed by atoms with E-state index in [1.54, 1.807) is 0 Å². The number of hydrogen-bond donors (Lipinski definition) is 0. The molecule has 0 aliphatic rings. The first-order valence-corrected chi connectivity index (χ1v) is 19.2. The van der Waals surface area contributed by atoms with Crippen LogP contribution < -0.4 is 4.90 Å². The van der Waals surface area contributed by atoms with Gasteiger partial charge < -0.3 is 9.47 Å². The second kappa shape index (κ2) is 14.8. The molecule has 272 valence electrons. The molecule has 0 aliphatic carbocycles. The lowest BCUT2D eigenvalue weighted by Crippen LogP contribution is -2.09. The van der Waals surface area contributed by atoms with Crippen molar-refractivity contribution in [2.45, 2.75) is 0 Å². The van der Waals surface area contributed by atoms with Crippen molar-refractivity contribution >= 4 is 38.9 Å². The molecule has 10 rings (SSSR count). The first-order valence-electron chi connectivity index (χ1n) is 19.2. The van der Waals surface area contributed by atoms with Crippen molar-refractivity contribution < 1.29 is 0 Å². The Labute approximate surface area is 336 Å². The average Bonchev–Trinajstić information content (AvgIpc) is 3.63. The number of aromatic nitrogens is 4. The Morgan fingerprint density at radius 1 is 0.379 bits per heavy atom. The second-order valence-corrected chi connectivity index (χ2v) is 14.0. The van der Waals surface area contributed by atoms with Crippen molar-refractivity contribution in [2.24, 2.45) is 0 Å². The Morgan fingerprint density at radius 2 is 0.793 bits per heavy atom. The number of nitriles is 1. The molecule has 10 aromatic rings. The standard InChI is InChI=1S/C52H34N6/c53-35-36-21-31-48-46(33-36)47-34-41(37-22-27-44(28-23-37)57(42-17-9-3-10-18-42)43-19-11-4-12-20-43)26-32-49(47)58(48)45-29-24-40(25-30-45)52-55-50(38-13-5-1-6-14-38)54-51(56-52)39-15-7-2-8-16-39/h1-34H. The van der Waals surface area contributed by atoms with Gasteiger partial charge in [0.25, 0.3) is 0 Å². The van der Waals surface area contributed by atoms with Gasteiger partial charge in [0.05, 0.1) is 22.7 Å². The summed E-state index contributed by atoms with van der Waals surface area (Å²) in [4.78, 5) is 17.0. The first-order chi connectivity index (χ1) is 28.7. The predicted octanol–water partition coefficient (Wildman–Crippen LogP) is 13.0.